The summed E-state index contributed by atoms with van der Waals surface area (Å²) in [7, 11) is 0. The van der Waals surface area contributed by atoms with Crippen molar-refractivity contribution >= 4 is 17.9 Å². The third-order valence-corrected chi connectivity index (χ3v) is 14.6. The molecule has 0 saturated heterocycles. The van der Waals surface area contributed by atoms with E-state index in [2.05, 4.69) is 154 Å². The van der Waals surface area contributed by atoms with Gasteiger partial charge in [0.25, 0.3) is 0 Å². The Morgan fingerprint density at radius 3 is 0.783 bits per heavy atom. The molecule has 0 saturated carbocycles. The third kappa shape index (κ3) is 68.2. The van der Waals surface area contributed by atoms with Crippen molar-refractivity contribution in [1.29, 1.82) is 0 Å². The van der Waals surface area contributed by atoms with E-state index in [0.29, 0.717) is 19.3 Å². The minimum absolute atomic E-state index is 0.0898. The van der Waals surface area contributed by atoms with Crippen LogP contribution in [0, 0.1) is 0 Å². The van der Waals surface area contributed by atoms with Gasteiger partial charge in [0.2, 0.25) is 0 Å². The number of carbonyl (C=O) groups is 3. The van der Waals surface area contributed by atoms with Crippen LogP contribution in [0.2, 0.25) is 0 Å². The van der Waals surface area contributed by atoms with E-state index < -0.39 is 6.10 Å². The number of allylic oxidation sites excluding steroid dienone is 22. The molecule has 0 aliphatic carbocycles. The lowest BCUT2D eigenvalue weighted by atomic mass is 10.0. The van der Waals surface area contributed by atoms with Crippen molar-refractivity contribution in [1.82, 2.24) is 0 Å². The molecule has 0 fully saturated rings. The van der Waals surface area contributed by atoms with Gasteiger partial charge < -0.3 is 14.2 Å². The predicted molar refractivity (Wildman–Crippen MR) is 362 cm³/mol. The zero-order valence-corrected chi connectivity index (χ0v) is 54.2. The lowest BCUT2D eigenvalue weighted by molar-refractivity contribution is -0.167. The summed E-state index contributed by atoms with van der Waals surface area (Å²) in [5.41, 5.74) is 0. The van der Waals surface area contributed by atoms with Crippen LogP contribution in [0.1, 0.15) is 316 Å². The molecule has 0 aliphatic heterocycles. The first kappa shape index (κ1) is 78.5. The molecule has 0 bridgehead atoms. The smallest absolute Gasteiger partial charge is 0.306 e. The average molecular weight is 1150 g/mol. The van der Waals surface area contributed by atoms with Crippen molar-refractivity contribution in [2.45, 2.75) is 322 Å². The van der Waals surface area contributed by atoms with Crippen LogP contribution in [-0.4, -0.2) is 37.2 Å². The molecule has 83 heavy (non-hydrogen) atoms. The van der Waals surface area contributed by atoms with Gasteiger partial charge in [-0.25, -0.2) is 0 Å². The Kier molecular flexibility index (Phi) is 66.3. The highest BCUT2D eigenvalue weighted by molar-refractivity contribution is 5.71. The van der Waals surface area contributed by atoms with Crippen LogP contribution in [0.4, 0.5) is 0 Å². The molecule has 0 heterocycles. The molecule has 0 aromatic rings. The summed E-state index contributed by atoms with van der Waals surface area (Å²) >= 11 is 0. The van der Waals surface area contributed by atoms with Crippen LogP contribution < -0.4 is 0 Å². The average Bonchev–Trinajstić information content (AvgIpc) is 3.48. The quantitative estimate of drug-likeness (QED) is 0.0261. The van der Waals surface area contributed by atoms with E-state index in [-0.39, 0.29) is 31.1 Å². The van der Waals surface area contributed by atoms with E-state index >= 15 is 0 Å². The van der Waals surface area contributed by atoms with Crippen molar-refractivity contribution in [2.24, 2.45) is 0 Å². The highest BCUT2D eigenvalue weighted by atomic mass is 16.6. The topological polar surface area (TPSA) is 78.9 Å². The number of hydrogen-bond donors (Lipinski definition) is 0. The maximum atomic E-state index is 12.9. The fraction of sp³-hybridized carbons (Fsp3) is 0.675. The van der Waals surface area contributed by atoms with E-state index in [1.807, 2.05) is 0 Å². The maximum Gasteiger partial charge on any atom is 0.306 e. The second kappa shape index (κ2) is 70.0. The molecule has 0 aliphatic rings. The lowest BCUT2D eigenvalue weighted by Crippen LogP contribution is -2.30. The van der Waals surface area contributed by atoms with Crippen LogP contribution in [0.15, 0.2) is 134 Å². The number of carbonyl (C=O) groups excluding carboxylic acids is 3. The fourth-order valence-corrected chi connectivity index (χ4v) is 9.41. The van der Waals surface area contributed by atoms with Gasteiger partial charge in [-0.1, -0.05) is 296 Å². The Morgan fingerprint density at radius 1 is 0.253 bits per heavy atom. The van der Waals surface area contributed by atoms with Gasteiger partial charge in [-0.2, -0.15) is 0 Å². The Labute approximate surface area is 513 Å². The Morgan fingerprint density at radius 2 is 0.482 bits per heavy atom. The second-order valence-corrected chi connectivity index (χ2v) is 22.7. The van der Waals surface area contributed by atoms with Crippen LogP contribution in [0.5, 0.6) is 0 Å². The van der Waals surface area contributed by atoms with Gasteiger partial charge in [0.15, 0.2) is 6.10 Å². The van der Waals surface area contributed by atoms with Crippen LogP contribution >= 0.6 is 0 Å². The van der Waals surface area contributed by atoms with E-state index in [1.165, 1.54) is 135 Å². The molecule has 0 spiro atoms. The van der Waals surface area contributed by atoms with E-state index in [0.717, 1.165) is 141 Å². The summed E-state index contributed by atoms with van der Waals surface area (Å²) in [6, 6.07) is 0. The minimum Gasteiger partial charge on any atom is -0.462 e. The van der Waals surface area contributed by atoms with Gasteiger partial charge in [-0.15, -0.1) is 0 Å². The summed E-state index contributed by atoms with van der Waals surface area (Å²) in [6.07, 6.45) is 99.0. The third-order valence-electron chi connectivity index (χ3n) is 14.6. The van der Waals surface area contributed by atoms with Gasteiger partial charge in [0, 0.05) is 19.3 Å². The molecule has 0 amide bonds. The van der Waals surface area contributed by atoms with Gasteiger partial charge in [-0.3, -0.25) is 14.4 Å². The van der Waals surface area contributed by atoms with Gasteiger partial charge in [0.05, 0.1) is 0 Å². The van der Waals surface area contributed by atoms with Crippen molar-refractivity contribution in [3.8, 4) is 0 Å². The summed E-state index contributed by atoms with van der Waals surface area (Å²) in [5.74, 6) is -0.910. The predicted octanol–water partition coefficient (Wildman–Crippen LogP) is 24.1. The summed E-state index contributed by atoms with van der Waals surface area (Å²) in [4.78, 5) is 38.4. The monoisotopic (exact) mass is 1150 g/mol. The first-order valence-electron chi connectivity index (χ1n) is 34.7. The van der Waals surface area contributed by atoms with E-state index in [9.17, 15) is 14.4 Å². The zero-order chi connectivity index (χ0) is 59.9. The van der Waals surface area contributed by atoms with Crippen LogP contribution in [-0.2, 0) is 28.6 Å². The van der Waals surface area contributed by atoms with Crippen LogP contribution in [0.3, 0.4) is 0 Å². The molecular formula is C77H128O6. The summed E-state index contributed by atoms with van der Waals surface area (Å²) < 4.78 is 16.9. The number of rotatable bonds is 62. The van der Waals surface area contributed by atoms with Crippen LogP contribution in [0.25, 0.3) is 0 Å². The largest absolute Gasteiger partial charge is 0.462 e. The Bertz CT molecular complexity index is 1750. The molecule has 6 heteroatoms. The molecule has 6 nitrogen and oxygen atoms in total. The molecular weight excluding hydrogens is 1020 g/mol. The molecule has 1 atom stereocenters. The molecule has 0 aromatic carbocycles. The lowest BCUT2D eigenvalue weighted by Gasteiger charge is -2.18. The summed E-state index contributed by atoms with van der Waals surface area (Å²) in [5, 5.41) is 0. The van der Waals surface area contributed by atoms with Crippen molar-refractivity contribution in [3.05, 3.63) is 134 Å². The number of hydrogen-bond acceptors (Lipinski definition) is 6. The SMILES string of the molecule is CC/C=C\C/C=C\C/C=C\C/C=C\C/C=C\C/C=C\C/C=C\C/C=C\CCCCCCCCC(=O)OCC(COC(=O)CCCCCCC/C=C\CCCC)OC(=O)CCCCCCCCCCCCC/C=C\C/C=C\CCCCCCC. The maximum absolute atomic E-state index is 12.9. The van der Waals surface area contributed by atoms with E-state index in [1.54, 1.807) is 0 Å². The number of esters is 3. The second-order valence-electron chi connectivity index (χ2n) is 22.7. The van der Waals surface area contributed by atoms with Gasteiger partial charge in [-0.05, 0) is 135 Å². The fourth-order valence-electron chi connectivity index (χ4n) is 9.41. The summed E-state index contributed by atoms with van der Waals surface area (Å²) in [6.45, 7) is 6.47. The Hall–Kier alpha value is -4.45. The molecule has 0 aromatic heterocycles. The number of unbranched alkanes of at least 4 members (excludes halogenated alkanes) is 29. The first-order chi connectivity index (χ1) is 41.0. The molecule has 0 radical (unpaired) electrons. The zero-order valence-electron chi connectivity index (χ0n) is 54.2. The molecule has 0 N–H and O–H groups in total. The Balaban J connectivity index is 4.30. The van der Waals surface area contributed by atoms with Gasteiger partial charge in [0.1, 0.15) is 13.2 Å². The number of ether oxygens (including phenoxy) is 3. The minimum atomic E-state index is -0.794. The van der Waals surface area contributed by atoms with Gasteiger partial charge >= 0.3 is 17.9 Å². The molecule has 472 valence electrons. The normalized spacial score (nSPS) is 13.0. The molecule has 0 rings (SSSR count). The highest BCUT2D eigenvalue weighted by Gasteiger charge is 2.19. The van der Waals surface area contributed by atoms with E-state index in [4.69, 9.17) is 14.2 Å². The highest BCUT2D eigenvalue weighted by Crippen LogP contribution is 2.16. The standard InChI is InChI=1S/C77H128O6/c1-4-7-10-13-16-19-22-24-26-28-30-32-34-35-36-37-38-39-40-41-43-44-46-48-50-52-55-58-61-64-67-70-76(79)82-73-74(72-81-75(78)69-66-63-60-57-54-21-18-15-12-9-6-3)83-77(80)71-68-65-62-59-56-53-51-49-47-45-42-33-31-29-27-25-23-20-17-14-11-8-5-2/h7,10,15-16,18-19,23-26,29-32,35-36,38-39,41,43,46,48,74H,4-6,8-9,11-14,17,20-22,27-28,33-34,37,40,42,44-45,47,49-73H2,1-3H3/b10-7-,18-15-,19-16-,25-23-,26-24-,31-29-,32-30-,36-35-,39-38-,43-41-,48-46-. The van der Waals surface area contributed by atoms with Crippen molar-refractivity contribution in [3.63, 3.8) is 0 Å². The van der Waals surface area contributed by atoms with Crippen molar-refractivity contribution in [2.75, 3.05) is 13.2 Å². The first-order valence-corrected chi connectivity index (χ1v) is 34.7. The molecule has 1 unspecified atom stereocenters. The van der Waals surface area contributed by atoms with Crippen molar-refractivity contribution < 1.29 is 28.6 Å².